The maximum Gasteiger partial charge on any atom is 0.342 e. The Labute approximate surface area is 212 Å². The van der Waals surface area contributed by atoms with Crippen molar-refractivity contribution in [1.82, 2.24) is 15.1 Å². The third-order valence-electron chi connectivity index (χ3n) is 7.29. The molecule has 3 aromatic rings. The van der Waals surface area contributed by atoms with Gasteiger partial charge in [-0.1, -0.05) is 51.0 Å². The first-order valence-corrected chi connectivity index (χ1v) is 13.0. The molecule has 1 aliphatic carbocycles. The Hall–Kier alpha value is -3.61. The molecule has 7 heteroatoms. The predicted octanol–water partition coefficient (Wildman–Crippen LogP) is 6.35. The topological polar surface area (TPSA) is 96.3 Å². The summed E-state index contributed by atoms with van der Waals surface area (Å²) in [5.74, 6) is 0.163. The summed E-state index contributed by atoms with van der Waals surface area (Å²) in [6.07, 6.45) is 5.82. The number of rotatable bonds is 8. The van der Waals surface area contributed by atoms with Gasteiger partial charge in [-0.2, -0.15) is 9.78 Å². The number of carbonyl (C=O) groups excluding carboxylic acids is 2. The first-order valence-electron chi connectivity index (χ1n) is 13.0. The van der Waals surface area contributed by atoms with E-state index < -0.39 is 0 Å². The number of aromatic nitrogens is 2. The standard InChI is InChI=1S/C29H36N4O3/c1-4-20(5-2)28(35)31-23-14-15-24(27(34)16-23)25-17-26(21-11-8-9-12-21)33(32-25)29(36)30-18-22-13-7-6-10-19(22)3/h6-7,10,13-17,20-21,34H,4-5,8-9,11-12,18H2,1-3H3,(H,30,36)(H,31,35). The van der Waals surface area contributed by atoms with Crippen molar-refractivity contribution in [2.24, 2.45) is 5.92 Å². The van der Waals surface area contributed by atoms with Crippen LogP contribution in [0.4, 0.5) is 10.5 Å². The number of aromatic hydroxyl groups is 1. The average molecular weight is 489 g/mol. The lowest BCUT2D eigenvalue weighted by Gasteiger charge is -2.13. The van der Waals surface area contributed by atoms with E-state index in [1.54, 1.807) is 18.2 Å². The van der Waals surface area contributed by atoms with E-state index in [0.717, 1.165) is 55.3 Å². The van der Waals surface area contributed by atoms with E-state index in [0.29, 0.717) is 23.5 Å². The fourth-order valence-electron chi connectivity index (χ4n) is 4.99. The molecule has 0 radical (unpaired) electrons. The lowest BCUT2D eigenvalue weighted by molar-refractivity contribution is -0.120. The number of carbonyl (C=O) groups is 2. The number of hydrogen-bond acceptors (Lipinski definition) is 4. The van der Waals surface area contributed by atoms with Gasteiger partial charge in [0.2, 0.25) is 5.91 Å². The van der Waals surface area contributed by atoms with Crippen LogP contribution in [0, 0.1) is 12.8 Å². The van der Waals surface area contributed by atoms with Crippen LogP contribution in [0.3, 0.4) is 0 Å². The number of phenolic OH excluding ortho intramolecular Hbond substituents is 1. The molecular formula is C29H36N4O3. The Morgan fingerprint density at radius 3 is 2.47 bits per heavy atom. The van der Waals surface area contributed by atoms with Crippen LogP contribution in [-0.4, -0.2) is 26.8 Å². The Balaban J connectivity index is 1.58. The van der Waals surface area contributed by atoms with Crippen LogP contribution < -0.4 is 10.6 Å². The summed E-state index contributed by atoms with van der Waals surface area (Å²) in [6.45, 7) is 6.42. The molecule has 0 atom stereocenters. The van der Waals surface area contributed by atoms with Crippen LogP contribution in [0.2, 0.25) is 0 Å². The molecule has 3 N–H and O–H groups in total. The maximum atomic E-state index is 13.2. The second-order valence-electron chi connectivity index (χ2n) is 9.67. The van der Waals surface area contributed by atoms with Gasteiger partial charge >= 0.3 is 6.03 Å². The van der Waals surface area contributed by atoms with Gasteiger partial charge < -0.3 is 15.7 Å². The fourth-order valence-corrected chi connectivity index (χ4v) is 4.99. The van der Waals surface area contributed by atoms with Crippen molar-refractivity contribution in [3.8, 4) is 17.0 Å². The monoisotopic (exact) mass is 488 g/mol. The van der Waals surface area contributed by atoms with E-state index in [1.165, 1.54) is 4.68 Å². The van der Waals surface area contributed by atoms with Gasteiger partial charge in [-0.25, -0.2) is 4.79 Å². The lowest BCUT2D eigenvalue weighted by Crippen LogP contribution is -2.31. The Kier molecular flexibility index (Phi) is 8.08. The minimum absolute atomic E-state index is 0.0142. The highest BCUT2D eigenvalue weighted by Gasteiger charge is 2.26. The molecule has 2 aromatic carbocycles. The molecule has 7 nitrogen and oxygen atoms in total. The van der Waals surface area contributed by atoms with Gasteiger partial charge in [0.05, 0.1) is 11.4 Å². The summed E-state index contributed by atoms with van der Waals surface area (Å²) in [5, 5.41) is 21.3. The molecule has 1 saturated carbocycles. The Bertz CT molecular complexity index is 1220. The lowest BCUT2D eigenvalue weighted by atomic mass is 10.0. The molecule has 4 rings (SSSR count). The highest BCUT2D eigenvalue weighted by atomic mass is 16.3. The number of anilines is 1. The van der Waals surface area contributed by atoms with Gasteiger partial charge in [0.25, 0.3) is 0 Å². The molecule has 0 saturated heterocycles. The summed E-state index contributed by atoms with van der Waals surface area (Å²) in [5.41, 5.74) is 4.66. The number of phenols is 1. The average Bonchev–Trinajstić information content (AvgIpc) is 3.54. The van der Waals surface area contributed by atoms with Crippen molar-refractivity contribution >= 4 is 17.6 Å². The Morgan fingerprint density at radius 2 is 1.81 bits per heavy atom. The first kappa shape index (κ1) is 25.5. The molecule has 0 bridgehead atoms. The highest BCUT2D eigenvalue weighted by Crippen LogP contribution is 2.38. The molecule has 190 valence electrons. The summed E-state index contributed by atoms with van der Waals surface area (Å²) >= 11 is 0. The summed E-state index contributed by atoms with van der Waals surface area (Å²) in [4.78, 5) is 25.7. The van der Waals surface area contributed by atoms with Crippen LogP contribution in [0.5, 0.6) is 5.75 Å². The highest BCUT2D eigenvalue weighted by molar-refractivity contribution is 5.93. The van der Waals surface area contributed by atoms with E-state index in [1.807, 2.05) is 51.1 Å². The van der Waals surface area contributed by atoms with Crippen LogP contribution in [0.25, 0.3) is 11.3 Å². The van der Waals surface area contributed by atoms with Crippen molar-refractivity contribution in [3.63, 3.8) is 0 Å². The zero-order valence-corrected chi connectivity index (χ0v) is 21.4. The van der Waals surface area contributed by atoms with E-state index in [4.69, 9.17) is 0 Å². The van der Waals surface area contributed by atoms with E-state index in [-0.39, 0.29) is 29.5 Å². The molecule has 0 spiro atoms. The van der Waals surface area contributed by atoms with Crippen LogP contribution in [0.15, 0.2) is 48.5 Å². The molecule has 1 fully saturated rings. The molecule has 0 unspecified atom stereocenters. The van der Waals surface area contributed by atoms with Gasteiger partial charge in [-0.05, 0) is 61.9 Å². The normalized spacial score (nSPS) is 13.8. The number of benzene rings is 2. The largest absolute Gasteiger partial charge is 0.507 e. The third-order valence-corrected chi connectivity index (χ3v) is 7.29. The molecule has 2 amide bonds. The zero-order chi connectivity index (χ0) is 25.7. The second kappa shape index (κ2) is 11.4. The van der Waals surface area contributed by atoms with E-state index >= 15 is 0 Å². The first-order chi connectivity index (χ1) is 17.4. The van der Waals surface area contributed by atoms with Crippen molar-refractivity contribution in [3.05, 3.63) is 65.4 Å². The fraction of sp³-hybridized carbons (Fsp3) is 0.414. The van der Waals surface area contributed by atoms with Crippen molar-refractivity contribution in [2.75, 3.05) is 5.32 Å². The van der Waals surface area contributed by atoms with Crippen LogP contribution in [-0.2, 0) is 11.3 Å². The quantitative estimate of drug-likeness (QED) is 0.344. The van der Waals surface area contributed by atoms with Crippen molar-refractivity contribution < 1.29 is 14.7 Å². The molecule has 0 aliphatic heterocycles. The van der Waals surface area contributed by atoms with Crippen LogP contribution >= 0.6 is 0 Å². The molecular weight excluding hydrogens is 452 g/mol. The van der Waals surface area contributed by atoms with Gasteiger partial charge in [0.1, 0.15) is 5.75 Å². The SMILES string of the molecule is CCC(CC)C(=O)Nc1ccc(-c2cc(C3CCCC3)n(C(=O)NCc3ccccc3C)n2)c(O)c1. The maximum absolute atomic E-state index is 13.2. The number of hydrogen-bond donors (Lipinski definition) is 3. The van der Waals surface area contributed by atoms with E-state index in [2.05, 4.69) is 15.7 Å². The summed E-state index contributed by atoms with van der Waals surface area (Å²) < 4.78 is 1.46. The number of amides is 2. The second-order valence-corrected chi connectivity index (χ2v) is 9.67. The van der Waals surface area contributed by atoms with Crippen molar-refractivity contribution in [2.45, 2.75) is 71.8 Å². The number of nitrogens with zero attached hydrogens (tertiary/aromatic N) is 2. The number of aryl methyl sites for hydroxylation is 1. The summed E-state index contributed by atoms with van der Waals surface area (Å²) in [7, 11) is 0. The third kappa shape index (κ3) is 5.61. The van der Waals surface area contributed by atoms with E-state index in [9.17, 15) is 14.7 Å². The Morgan fingerprint density at radius 1 is 1.08 bits per heavy atom. The van der Waals surface area contributed by atoms with Gasteiger partial charge in [-0.3, -0.25) is 4.79 Å². The van der Waals surface area contributed by atoms with Crippen molar-refractivity contribution in [1.29, 1.82) is 0 Å². The molecule has 1 aromatic heterocycles. The minimum atomic E-state index is -0.278. The zero-order valence-electron chi connectivity index (χ0n) is 21.4. The minimum Gasteiger partial charge on any atom is -0.507 e. The smallest absolute Gasteiger partial charge is 0.342 e. The molecule has 36 heavy (non-hydrogen) atoms. The van der Waals surface area contributed by atoms with Gasteiger partial charge in [-0.15, -0.1) is 0 Å². The molecule has 1 heterocycles. The molecule has 1 aliphatic rings. The predicted molar refractivity (Wildman–Crippen MR) is 142 cm³/mol. The van der Waals surface area contributed by atoms with Crippen LogP contribution in [0.1, 0.15) is 75.1 Å². The summed E-state index contributed by atoms with van der Waals surface area (Å²) in [6, 6.07) is 14.7. The number of nitrogens with one attached hydrogen (secondary N) is 2. The van der Waals surface area contributed by atoms with Gasteiger partial charge in [0.15, 0.2) is 0 Å². The van der Waals surface area contributed by atoms with Gasteiger partial charge in [0, 0.05) is 35.7 Å².